The van der Waals surface area contributed by atoms with Gasteiger partial charge in [0.2, 0.25) is 0 Å². The molecule has 0 saturated carbocycles. The SMILES string of the molecule is COc1ccc(COc2ccc(CCCN)cc2OC)cc1. The lowest BCUT2D eigenvalue weighted by atomic mass is 10.1. The molecule has 22 heavy (non-hydrogen) atoms. The quantitative estimate of drug-likeness (QED) is 0.813. The van der Waals surface area contributed by atoms with E-state index in [-0.39, 0.29) is 0 Å². The summed E-state index contributed by atoms with van der Waals surface area (Å²) in [7, 11) is 3.31. The summed E-state index contributed by atoms with van der Waals surface area (Å²) in [5.41, 5.74) is 7.83. The third-order valence-electron chi connectivity index (χ3n) is 3.45. The van der Waals surface area contributed by atoms with E-state index in [1.54, 1.807) is 14.2 Å². The second kappa shape index (κ2) is 8.29. The minimum absolute atomic E-state index is 0.489. The van der Waals surface area contributed by atoms with Crippen LogP contribution < -0.4 is 19.9 Å². The summed E-state index contributed by atoms with van der Waals surface area (Å²) >= 11 is 0. The van der Waals surface area contributed by atoms with Gasteiger partial charge in [-0.15, -0.1) is 0 Å². The Balaban J connectivity index is 2.01. The Morgan fingerprint density at radius 3 is 2.23 bits per heavy atom. The van der Waals surface area contributed by atoms with Gasteiger partial charge in [-0.3, -0.25) is 0 Å². The Labute approximate surface area is 131 Å². The third kappa shape index (κ3) is 4.40. The molecule has 0 spiro atoms. The second-order valence-electron chi connectivity index (χ2n) is 5.01. The Bertz CT molecular complexity index is 581. The van der Waals surface area contributed by atoms with Crippen LogP contribution in [0.3, 0.4) is 0 Å². The number of hydrogen-bond donors (Lipinski definition) is 1. The molecular formula is C18H23NO3. The summed E-state index contributed by atoms with van der Waals surface area (Å²) in [6.45, 7) is 1.18. The normalized spacial score (nSPS) is 10.3. The molecule has 0 aliphatic rings. The minimum Gasteiger partial charge on any atom is -0.497 e. The van der Waals surface area contributed by atoms with Crippen LogP contribution in [0.4, 0.5) is 0 Å². The van der Waals surface area contributed by atoms with Gasteiger partial charge in [0.1, 0.15) is 12.4 Å². The maximum Gasteiger partial charge on any atom is 0.161 e. The minimum atomic E-state index is 0.489. The molecule has 0 aromatic heterocycles. The Morgan fingerprint density at radius 1 is 0.864 bits per heavy atom. The van der Waals surface area contributed by atoms with Crippen molar-refractivity contribution in [3.63, 3.8) is 0 Å². The van der Waals surface area contributed by atoms with Gasteiger partial charge in [-0.05, 0) is 54.8 Å². The number of rotatable bonds is 8. The van der Waals surface area contributed by atoms with Crippen LogP contribution in [0.25, 0.3) is 0 Å². The van der Waals surface area contributed by atoms with E-state index < -0.39 is 0 Å². The number of hydrogen-bond acceptors (Lipinski definition) is 4. The molecule has 118 valence electrons. The van der Waals surface area contributed by atoms with Gasteiger partial charge in [-0.2, -0.15) is 0 Å². The van der Waals surface area contributed by atoms with Crippen LogP contribution in [0.5, 0.6) is 17.2 Å². The predicted molar refractivity (Wildman–Crippen MR) is 87.7 cm³/mol. The van der Waals surface area contributed by atoms with Crippen molar-refractivity contribution in [2.45, 2.75) is 19.4 Å². The van der Waals surface area contributed by atoms with E-state index >= 15 is 0 Å². The van der Waals surface area contributed by atoms with Crippen molar-refractivity contribution in [2.75, 3.05) is 20.8 Å². The first-order valence-corrected chi connectivity index (χ1v) is 7.39. The summed E-state index contributed by atoms with van der Waals surface area (Å²) in [4.78, 5) is 0. The molecule has 0 aliphatic carbocycles. The molecule has 0 aliphatic heterocycles. The number of methoxy groups -OCH3 is 2. The highest BCUT2D eigenvalue weighted by atomic mass is 16.5. The zero-order chi connectivity index (χ0) is 15.8. The van der Waals surface area contributed by atoms with E-state index in [4.69, 9.17) is 19.9 Å². The second-order valence-corrected chi connectivity index (χ2v) is 5.01. The largest absolute Gasteiger partial charge is 0.497 e. The van der Waals surface area contributed by atoms with Crippen LogP contribution in [-0.4, -0.2) is 20.8 Å². The molecule has 2 rings (SSSR count). The van der Waals surface area contributed by atoms with Crippen molar-refractivity contribution in [3.8, 4) is 17.2 Å². The molecule has 2 N–H and O–H groups in total. The van der Waals surface area contributed by atoms with Gasteiger partial charge >= 0.3 is 0 Å². The summed E-state index contributed by atoms with van der Waals surface area (Å²) in [5.74, 6) is 2.34. The predicted octanol–water partition coefficient (Wildman–Crippen LogP) is 3.17. The van der Waals surface area contributed by atoms with Gasteiger partial charge in [-0.1, -0.05) is 18.2 Å². The number of ether oxygens (including phenoxy) is 3. The fourth-order valence-corrected chi connectivity index (χ4v) is 2.18. The summed E-state index contributed by atoms with van der Waals surface area (Å²) in [6.07, 6.45) is 1.92. The van der Waals surface area contributed by atoms with E-state index in [9.17, 15) is 0 Å². The summed E-state index contributed by atoms with van der Waals surface area (Å²) in [6, 6.07) is 13.8. The molecule has 0 atom stereocenters. The van der Waals surface area contributed by atoms with E-state index in [0.717, 1.165) is 35.7 Å². The zero-order valence-corrected chi connectivity index (χ0v) is 13.2. The van der Waals surface area contributed by atoms with Crippen LogP contribution in [-0.2, 0) is 13.0 Å². The fraction of sp³-hybridized carbons (Fsp3) is 0.333. The number of aryl methyl sites for hydroxylation is 1. The molecule has 4 heteroatoms. The molecule has 0 fully saturated rings. The van der Waals surface area contributed by atoms with Gasteiger partial charge in [0.15, 0.2) is 11.5 Å². The highest BCUT2D eigenvalue weighted by molar-refractivity contribution is 5.43. The van der Waals surface area contributed by atoms with Crippen molar-refractivity contribution in [2.24, 2.45) is 5.73 Å². The zero-order valence-electron chi connectivity index (χ0n) is 13.2. The van der Waals surface area contributed by atoms with E-state index in [0.29, 0.717) is 13.2 Å². The highest BCUT2D eigenvalue weighted by Gasteiger charge is 2.06. The van der Waals surface area contributed by atoms with Crippen LogP contribution in [0.2, 0.25) is 0 Å². The van der Waals surface area contributed by atoms with Crippen LogP contribution in [0, 0.1) is 0 Å². The maximum absolute atomic E-state index is 5.86. The molecule has 0 bridgehead atoms. The Hall–Kier alpha value is -2.20. The van der Waals surface area contributed by atoms with Crippen LogP contribution in [0.15, 0.2) is 42.5 Å². The number of nitrogens with two attached hydrogens (primary N) is 1. The number of benzene rings is 2. The average molecular weight is 301 g/mol. The molecule has 0 heterocycles. The lowest BCUT2D eigenvalue weighted by Crippen LogP contribution is -2.01. The summed E-state index contributed by atoms with van der Waals surface area (Å²) < 4.78 is 16.4. The summed E-state index contributed by atoms with van der Waals surface area (Å²) in [5, 5.41) is 0. The Kier molecular flexibility index (Phi) is 6.10. The Morgan fingerprint density at radius 2 is 1.59 bits per heavy atom. The maximum atomic E-state index is 5.86. The van der Waals surface area contributed by atoms with Crippen molar-refractivity contribution >= 4 is 0 Å². The van der Waals surface area contributed by atoms with Crippen molar-refractivity contribution < 1.29 is 14.2 Å². The first-order valence-electron chi connectivity index (χ1n) is 7.39. The third-order valence-corrected chi connectivity index (χ3v) is 3.45. The van der Waals surface area contributed by atoms with Crippen molar-refractivity contribution in [3.05, 3.63) is 53.6 Å². The highest BCUT2D eigenvalue weighted by Crippen LogP contribution is 2.29. The van der Waals surface area contributed by atoms with E-state index in [1.165, 1.54) is 5.56 Å². The van der Waals surface area contributed by atoms with E-state index in [2.05, 4.69) is 6.07 Å². The lowest BCUT2D eigenvalue weighted by Gasteiger charge is -2.12. The molecule has 4 nitrogen and oxygen atoms in total. The molecule has 2 aromatic carbocycles. The van der Waals surface area contributed by atoms with Gasteiger partial charge in [0, 0.05) is 0 Å². The van der Waals surface area contributed by atoms with Crippen LogP contribution in [0.1, 0.15) is 17.5 Å². The van der Waals surface area contributed by atoms with Gasteiger partial charge in [0.25, 0.3) is 0 Å². The fourth-order valence-electron chi connectivity index (χ4n) is 2.18. The van der Waals surface area contributed by atoms with E-state index in [1.807, 2.05) is 36.4 Å². The van der Waals surface area contributed by atoms with Gasteiger partial charge < -0.3 is 19.9 Å². The molecule has 0 saturated heterocycles. The molecule has 0 radical (unpaired) electrons. The van der Waals surface area contributed by atoms with Gasteiger partial charge in [0.05, 0.1) is 14.2 Å². The smallest absolute Gasteiger partial charge is 0.161 e. The monoisotopic (exact) mass is 301 g/mol. The topological polar surface area (TPSA) is 53.7 Å². The van der Waals surface area contributed by atoms with Gasteiger partial charge in [-0.25, -0.2) is 0 Å². The molecular weight excluding hydrogens is 278 g/mol. The standard InChI is InChI=1S/C18H23NO3/c1-20-16-8-5-15(6-9-16)13-22-17-10-7-14(4-3-11-19)12-18(17)21-2/h5-10,12H,3-4,11,13,19H2,1-2H3. The molecule has 0 unspecified atom stereocenters. The van der Waals surface area contributed by atoms with Crippen LogP contribution >= 0.6 is 0 Å². The molecule has 0 amide bonds. The molecule has 2 aromatic rings. The first kappa shape index (κ1) is 16.2. The first-order chi connectivity index (χ1) is 10.8. The average Bonchev–Trinajstić information content (AvgIpc) is 2.58. The van der Waals surface area contributed by atoms with Crippen molar-refractivity contribution in [1.82, 2.24) is 0 Å². The van der Waals surface area contributed by atoms with Crippen molar-refractivity contribution in [1.29, 1.82) is 0 Å². The lowest BCUT2D eigenvalue weighted by molar-refractivity contribution is 0.284.